The maximum Gasteiger partial charge on any atom is 0.0766 e. The molecule has 1 radical (unpaired) electrons. The van der Waals surface area contributed by atoms with E-state index in [0.29, 0.717) is 0 Å². The quantitative estimate of drug-likeness (QED) is 0.645. The summed E-state index contributed by atoms with van der Waals surface area (Å²) in [7, 11) is 0. The first-order chi connectivity index (χ1) is 5.90. The van der Waals surface area contributed by atoms with Crippen LogP contribution in [0.4, 0.5) is 0 Å². The van der Waals surface area contributed by atoms with E-state index in [2.05, 4.69) is 18.0 Å². The molecule has 1 aromatic carbocycles. The van der Waals surface area contributed by atoms with Gasteiger partial charge in [0.05, 0.1) is 5.01 Å². The maximum absolute atomic E-state index is 4.46. The molecular weight excluding hydrogens is 439 g/mol. The number of benzene rings is 1. The van der Waals surface area contributed by atoms with Crippen molar-refractivity contribution >= 4 is 21.6 Å². The molecule has 0 unspecified atom stereocenters. The number of rotatable bonds is 2. The Labute approximate surface area is 128 Å². The summed E-state index contributed by atoms with van der Waals surface area (Å²) < 4.78 is 1.22. The van der Waals surface area contributed by atoms with Crippen LogP contribution in [0.1, 0.15) is 11.4 Å². The van der Waals surface area contributed by atoms with Gasteiger partial charge in [0.15, 0.2) is 0 Å². The summed E-state index contributed by atoms with van der Waals surface area (Å²) in [5.41, 5.74) is 1.09. The minimum Gasteiger partial charge on any atom is -0.343 e. The molecule has 0 aliphatic heterocycles. The number of aryl methyl sites for hydroxylation is 1. The Bertz CT molecular complexity index is 355. The fourth-order valence-corrected chi connectivity index (χ4v) is 2.11. The Kier molecular flexibility index (Phi) is 7.69. The van der Waals surface area contributed by atoms with Gasteiger partial charge in [-0.15, -0.1) is 6.07 Å². The molecule has 0 spiro atoms. The van der Waals surface area contributed by atoms with Crippen LogP contribution in [0.5, 0.6) is 0 Å². The van der Waals surface area contributed by atoms with Crippen molar-refractivity contribution in [1.82, 2.24) is 4.98 Å². The van der Waals surface area contributed by atoms with Crippen LogP contribution in [-0.2, 0) is 60.2 Å². The van der Waals surface area contributed by atoms with Gasteiger partial charge in [0.2, 0.25) is 0 Å². The average molecular weight is 448 g/mol. The third kappa shape index (κ3) is 3.48. The first-order valence-electron chi connectivity index (χ1n) is 3.95. The SMILES string of the molecule is [CH2-]CCc1nc2cc[c-]cc2s1.[W].[Y]. The Morgan fingerprint density at radius 2 is 2.29 bits per heavy atom. The summed E-state index contributed by atoms with van der Waals surface area (Å²) in [6, 6.07) is 8.93. The van der Waals surface area contributed by atoms with Crippen molar-refractivity contribution in [1.29, 1.82) is 0 Å². The number of hydrogen-bond acceptors (Lipinski definition) is 2. The van der Waals surface area contributed by atoms with E-state index in [1.165, 1.54) is 9.71 Å². The Hall–Kier alpha value is 0.902. The van der Waals surface area contributed by atoms with E-state index in [4.69, 9.17) is 0 Å². The topological polar surface area (TPSA) is 12.9 Å². The van der Waals surface area contributed by atoms with Gasteiger partial charge in [-0.25, -0.2) is 0 Å². The van der Waals surface area contributed by atoms with Crippen LogP contribution in [0.15, 0.2) is 18.2 Å². The van der Waals surface area contributed by atoms with Crippen LogP contribution in [0.2, 0.25) is 0 Å². The molecule has 1 aromatic heterocycles. The smallest absolute Gasteiger partial charge is 0.0766 e. The van der Waals surface area contributed by atoms with Crippen molar-refractivity contribution < 1.29 is 53.8 Å². The molecule has 0 aliphatic rings. The molecule has 2 aromatic rings. The molecule has 0 N–H and O–H groups in total. The van der Waals surface area contributed by atoms with Gasteiger partial charge < -0.3 is 6.92 Å². The number of fused-ring (bicyclic) bond motifs is 1. The van der Waals surface area contributed by atoms with Crippen molar-refractivity contribution in [3.8, 4) is 0 Å². The van der Waals surface area contributed by atoms with Crippen LogP contribution in [-0.4, -0.2) is 4.98 Å². The summed E-state index contributed by atoms with van der Waals surface area (Å²) in [4.78, 5) is 4.46. The molecule has 0 amide bonds. The van der Waals surface area contributed by atoms with E-state index < -0.39 is 0 Å². The van der Waals surface area contributed by atoms with E-state index >= 15 is 0 Å². The fraction of sp³-hybridized carbons (Fsp3) is 0.200. The molecule has 1 heterocycles. The normalized spacial score (nSPS) is 9.21. The zero-order valence-corrected chi connectivity index (χ0v) is 14.3. The minimum absolute atomic E-state index is 0. The van der Waals surface area contributed by atoms with Crippen molar-refractivity contribution in [2.24, 2.45) is 0 Å². The molecule has 0 saturated heterocycles. The van der Waals surface area contributed by atoms with Crippen LogP contribution in [0, 0.1) is 13.0 Å². The molecule has 0 saturated carbocycles. The molecule has 14 heavy (non-hydrogen) atoms. The summed E-state index contributed by atoms with van der Waals surface area (Å²) in [6.45, 7) is 3.81. The average Bonchev–Trinajstić information content (AvgIpc) is 2.47. The molecule has 1 nitrogen and oxygen atoms in total. The van der Waals surface area contributed by atoms with E-state index in [1.807, 2.05) is 18.2 Å². The van der Waals surface area contributed by atoms with E-state index in [-0.39, 0.29) is 53.8 Å². The van der Waals surface area contributed by atoms with Crippen molar-refractivity contribution in [3.05, 3.63) is 36.2 Å². The van der Waals surface area contributed by atoms with E-state index in [0.717, 1.165) is 18.4 Å². The molecule has 0 bridgehead atoms. The van der Waals surface area contributed by atoms with Gasteiger partial charge in [-0.2, -0.15) is 36.0 Å². The third-order valence-electron chi connectivity index (χ3n) is 1.67. The number of aromatic nitrogens is 1. The van der Waals surface area contributed by atoms with Crippen LogP contribution in [0.3, 0.4) is 0 Å². The molecule has 2 rings (SSSR count). The maximum atomic E-state index is 4.46. The Morgan fingerprint density at radius 1 is 1.50 bits per heavy atom. The van der Waals surface area contributed by atoms with Gasteiger partial charge in [0.25, 0.3) is 0 Å². The zero-order valence-electron chi connectivity index (χ0n) is 7.69. The van der Waals surface area contributed by atoms with E-state index in [9.17, 15) is 0 Å². The fourth-order valence-electron chi connectivity index (χ4n) is 1.12. The minimum atomic E-state index is 0. The third-order valence-corrected chi connectivity index (χ3v) is 2.75. The molecule has 0 atom stereocenters. The largest absolute Gasteiger partial charge is 0.343 e. The van der Waals surface area contributed by atoms with Crippen LogP contribution in [0.25, 0.3) is 10.2 Å². The van der Waals surface area contributed by atoms with Crippen LogP contribution >= 0.6 is 11.3 Å². The molecule has 4 heteroatoms. The van der Waals surface area contributed by atoms with Gasteiger partial charge in [-0.3, -0.25) is 4.98 Å². The van der Waals surface area contributed by atoms with Gasteiger partial charge in [0, 0.05) is 53.8 Å². The molecule has 0 fully saturated rings. The molecule has 0 aliphatic carbocycles. The second-order valence-corrected chi connectivity index (χ2v) is 3.72. The van der Waals surface area contributed by atoms with Gasteiger partial charge in [-0.1, -0.05) is 4.70 Å². The first-order valence-corrected chi connectivity index (χ1v) is 4.76. The Balaban J connectivity index is 0.000000845. The van der Waals surface area contributed by atoms with Gasteiger partial charge >= 0.3 is 0 Å². The predicted molar refractivity (Wildman–Crippen MR) is 52.1 cm³/mol. The van der Waals surface area contributed by atoms with Crippen molar-refractivity contribution in [2.75, 3.05) is 0 Å². The zero-order chi connectivity index (χ0) is 8.39. The van der Waals surface area contributed by atoms with Crippen molar-refractivity contribution in [3.63, 3.8) is 0 Å². The standard InChI is InChI=1S/C10H9NS.W.Y/c1-2-5-10-11-8-6-3-4-7-9(8)12-10;;/h3,6-7H,1-2,5H2;;/q-2;;. The monoisotopic (exact) mass is 448 g/mol. The first kappa shape index (κ1) is 14.9. The van der Waals surface area contributed by atoms with Crippen LogP contribution < -0.4 is 0 Å². The van der Waals surface area contributed by atoms with Crippen molar-refractivity contribution in [2.45, 2.75) is 12.8 Å². The summed E-state index contributed by atoms with van der Waals surface area (Å²) >= 11 is 1.74. The van der Waals surface area contributed by atoms with Gasteiger partial charge in [0.1, 0.15) is 0 Å². The Morgan fingerprint density at radius 3 is 2.93 bits per heavy atom. The second-order valence-electron chi connectivity index (χ2n) is 2.60. The molecular formula is C10H9NSWY-2. The second kappa shape index (κ2) is 7.22. The number of nitrogens with zero attached hydrogens (tertiary/aromatic N) is 1. The summed E-state index contributed by atoms with van der Waals surface area (Å²) in [6.07, 6.45) is 1.91. The summed E-state index contributed by atoms with van der Waals surface area (Å²) in [5, 5.41) is 1.18. The predicted octanol–water partition coefficient (Wildman–Crippen LogP) is 2.86. The number of thiazole rings is 1. The van der Waals surface area contributed by atoms with E-state index in [1.54, 1.807) is 11.3 Å². The molecule has 71 valence electrons. The number of hydrogen-bond donors (Lipinski definition) is 0. The summed E-state index contributed by atoms with van der Waals surface area (Å²) in [5.74, 6) is 0. The van der Waals surface area contributed by atoms with Gasteiger partial charge in [-0.05, 0) is 11.9 Å².